The third-order valence-corrected chi connectivity index (χ3v) is 4.04. The fourth-order valence-corrected chi connectivity index (χ4v) is 2.43. The summed E-state index contributed by atoms with van der Waals surface area (Å²) < 4.78 is 41.4. The van der Waals surface area contributed by atoms with Crippen LogP contribution in [0.1, 0.15) is 26.1 Å². The topological polar surface area (TPSA) is 96.2 Å². The van der Waals surface area contributed by atoms with Crippen molar-refractivity contribution in [1.29, 1.82) is 0 Å². The number of nitrogens with one attached hydrogen (secondary N) is 2. The van der Waals surface area contributed by atoms with E-state index in [0.717, 1.165) is 10.8 Å². The maximum atomic E-state index is 13.5. The lowest BCUT2D eigenvalue weighted by Gasteiger charge is -2.29. The second kappa shape index (κ2) is 8.01. The van der Waals surface area contributed by atoms with Gasteiger partial charge in [-0.3, -0.25) is 9.59 Å². The van der Waals surface area contributed by atoms with Crippen LogP contribution in [0.2, 0.25) is 0 Å². The van der Waals surface area contributed by atoms with Gasteiger partial charge in [0.15, 0.2) is 5.82 Å². The van der Waals surface area contributed by atoms with Crippen LogP contribution in [0.25, 0.3) is 0 Å². The van der Waals surface area contributed by atoms with Gasteiger partial charge in [0.05, 0.1) is 6.42 Å². The van der Waals surface area contributed by atoms with Crippen LogP contribution in [-0.2, 0) is 22.2 Å². The van der Waals surface area contributed by atoms with Crippen LogP contribution in [0.4, 0.5) is 24.5 Å². The number of aliphatic hydroxyl groups is 1. The van der Waals surface area contributed by atoms with Gasteiger partial charge in [0.2, 0.25) is 17.4 Å². The molecule has 1 aromatic heterocycles. The normalized spacial score (nSPS) is 13.9. The number of carbonyl (C=O) groups is 2. The number of anilines is 2. The molecule has 1 aromatic carbocycles. The van der Waals surface area contributed by atoms with E-state index < -0.39 is 29.9 Å². The number of benzene rings is 1. The molecule has 0 saturated heterocycles. The van der Waals surface area contributed by atoms with Crippen molar-refractivity contribution in [2.75, 3.05) is 10.6 Å². The molecule has 2 aromatic rings. The highest BCUT2D eigenvalue weighted by molar-refractivity contribution is 5.94. The number of aryl methyl sites for hydroxylation is 1. The van der Waals surface area contributed by atoms with Gasteiger partial charge in [0, 0.05) is 36.7 Å². The number of amides is 2. The molecule has 0 spiro atoms. The van der Waals surface area contributed by atoms with Crippen LogP contribution in [0, 0.1) is 5.92 Å². The molecule has 1 atom stereocenters. The predicted molar refractivity (Wildman–Crippen MR) is 96.3 cm³/mol. The average Bonchev–Trinajstić information content (AvgIpc) is 3.01. The molecule has 0 fully saturated rings. The zero-order valence-corrected chi connectivity index (χ0v) is 15.5. The monoisotopic (exact) mass is 398 g/mol. The van der Waals surface area contributed by atoms with Crippen LogP contribution in [0.15, 0.2) is 36.7 Å². The van der Waals surface area contributed by atoms with Crippen molar-refractivity contribution < 1.29 is 27.9 Å². The number of hydrogen-bond acceptors (Lipinski definition) is 4. The van der Waals surface area contributed by atoms with E-state index in [1.807, 2.05) is 0 Å². The minimum Gasteiger partial charge on any atom is -0.374 e. The lowest BCUT2D eigenvalue weighted by atomic mass is 9.97. The Hall–Kier alpha value is -2.88. The third-order valence-electron chi connectivity index (χ3n) is 4.04. The van der Waals surface area contributed by atoms with Crippen molar-refractivity contribution in [3.8, 4) is 0 Å². The number of nitrogens with zero attached hydrogens (tertiary/aromatic N) is 2. The third kappa shape index (κ3) is 4.69. The summed E-state index contributed by atoms with van der Waals surface area (Å²) in [7, 11) is 1.29. The molecule has 1 unspecified atom stereocenters. The Kier molecular flexibility index (Phi) is 6.13. The fraction of sp³-hybridized carbons (Fsp3) is 0.389. The highest BCUT2D eigenvalue weighted by atomic mass is 19.4. The summed E-state index contributed by atoms with van der Waals surface area (Å²) in [4.78, 5) is 27.3. The van der Waals surface area contributed by atoms with Gasteiger partial charge in [0.25, 0.3) is 0 Å². The molecule has 7 nitrogen and oxygen atoms in total. The Morgan fingerprint density at radius 3 is 2.11 bits per heavy atom. The van der Waals surface area contributed by atoms with Crippen LogP contribution in [0.3, 0.4) is 0 Å². The van der Waals surface area contributed by atoms with E-state index in [2.05, 4.69) is 15.6 Å². The quantitative estimate of drug-likeness (QED) is 0.697. The van der Waals surface area contributed by atoms with Crippen LogP contribution in [0.5, 0.6) is 0 Å². The molecule has 2 rings (SSSR count). The summed E-state index contributed by atoms with van der Waals surface area (Å²) in [5.74, 6) is -2.13. The maximum absolute atomic E-state index is 13.5. The summed E-state index contributed by atoms with van der Waals surface area (Å²) in [5.41, 5.74) is -2.73. The van der Waals surface area contributed by atoms with Gasteiger partial charge >= 0.3 is 6.18 Å². The molecular weight excluding hydrogens is 377 g/mol. The Balaban J connectivity index is 2.11. The van der Waals surface area contributed by atoms with Crippen LogP contribution in [-0.4, -0.2) is 32.6 Å². The lowest BCUT2D eigenvalue weighted by Crippen LogP contribution is -2.46. The first-order chi connectivity index (χ1) is 12.9. The van der Waals surface area contributed by atoms with E-state index in [0.29, 0.717) is 5.69 Å². The van der Waals surface area contributed by atoms with Crippen molar-refractivity contribution >= 4 is 23.2 Å². The summed E-state index contributed by atoms with van der Waals surface area (Å²) in [5, 5.41) is 15.2. The average molecular weight is 398 g/mol. The van der Waals surface area contributed by atoms with E-state index in [9.17, 15) is 27.9 Å². The van der Waals surface area contributed by atoms with Crippen molar-refractivity contribution in [3.63, 3.8) is 0 Å². The standard InChI is InChI=1S/C18H21F3N4O3/c1-11(2)15(27)24-13-6-4-12(5-7-13)23-14(26)10-17(28,18(19,20)21)16-22-8-9-25(16)3/h4-9,11,28H,10H2,1-3H3,(H,23,26)(H,24,27). The Morgan fingerprint density at radius 1 is 1.14 bits per heavy atom. The molecule has 10 heteroatoms. The molecule has 0 radical (unpaired) electrons. The van der Waals surface area contributed by atoms with E-state index >= 15 is 0 Å². The minimum atomic E-state index is -5.10. The van der Waals surface area contributed by atoms with Gasteiger partial charge < -0.3 is 20.3 Å². The van der Waals surface area contributed by atoms with Gasteiger partial charge in [-0.15, -0.1) is 0 Å². The highest BCUT2D eigenvalue weighted by Crippen LogP contribution is 2.40. The molecule has 0 aliphatic carbocycles. The van der Waals surface area contributed by atoms with Crippen molar-refractivity contribution in [1.82, 2.24) is 9.55 Å². The number of carbonyl (C=O) groups excluding carboxylic acids is 2. The smallest absolute Gasteiger partial charge is 0.374 e. The summed E-state index contributed by atoms with van der Waals surface area (Å²) in [6, 6.07) is 5.87. The molecule has 0 saturated carbocycles. The number of halogens is 3. The highest BCUT2D eigenvalue weighted by Gasteiger charge is 2.58. The van der Waals surface area contributed by atoms with E-state index in [1.54, 1.807) is 13.8 Å². The van der Waals surface area contributed by atoms with Crippen LogP contribution >= 0.6 is 0 Å². The van der Waals surface area contributed by atoms with E-state index in [4.69, 9.17) is 0 Å². The molecule has 2 amide bonds. The molecule has 0 aliphatic heterocycles. The zero-order valence-electron chi connectivity index (χ0n) is 15.5. The van der Waals surface area contributed by atoms with E-state index in [-0.39, 0.29) is 17.5 Å². The van der Waals surface area contributed by atoms with Crippen molar-refractivity contribution in [2.24, 2.45) is 13.0 Å². The first-order valence-corrected chi connectivity index (χ1v) is 8.41. The first kappa shape index (κ1) is 21.4. The lowest BCUT2D eigenvalue weighted by molar-refractivity contribution is -0.270. The van der Waals surface area contributed by atoms with Crippen molar-refractivity contribution in [2.45, 2.75) is 32.0 Å². The fourth-order valence-electron chi connectivity index (χ4n) is 2.43. The number of imidazole rings is 1. The molecule has 1 heterocycles. The Bertz CT molecular complexity index is 847. The molecule has 3 N–H and O–H groups in total. The molecule has 28 heavy (non-hydrogen) atoms. The Labute approximate surface area is 159 Å². The largest absolute Gasteiger partial charge is 0.425 e. The number of aromatic nitrogens is 2. The zero-order chi connectivity index (χ0) is 21.1. The molecule has 0 aliphatic rings. The molecule has 152 valence electrons. The minimum absolute atomic E-state index is 0.193. The summed E-state index contributed by atoms with van der Waals surface area (Å²) in [6.07, 6.45) is -4.01. The van der Waals surface area contributed by atoms with Gasteiger partial charge in [-0.2, -0.15) is 13.2 Å². The number of alkyl halides is 3. The van der Waals surface area contributed by atoms with Crippen LogP contribution < -0.4 is 10.6 Å². The SMILES string of the molecule is CC(C)C(=O)Nc1ccc(NC(=O)CC(O)(c2nccn2C)C(F)(F)F)cc1. The summed E-state index contributed by atoms with van der Waals surface area (Å²) >= 11 is 0. The second-order valence-electron chi connectivity index (χ2n) is 6.67. The van der Waals surface area contributed by atoms with Gasteiger partial charge in [-0.05, 0) is 24.3 Å². The Morgan fingerprint density at radius 2 is 1.68 bits per heavy atom. The van der Waals surface area contributed by atoms with Gasteiger partial charge in [-0.25, -0.2) is 4.98 Å². The predicted octanol–water partition coefficient (Wildman–Crippen LogP) is 2.79. The summed E-state index contributed by atoms with van der Waals surface area (Å²) in [6.45, 7) is 3.46. The van der Waals surface area contributed by atoms with E-state index in [1.165, 1.54) is 37.5 Å². The number of hydrogen-bond donors (Lipinski definition) is 3. The van der Waals surface area contributed by atoms with Gasteiger partial charge in [-0.1, -0.05) is 13.8 Å². The molecular formula is C18H21F3N4O3. The maximum Gasteiger partial charge on any atom is 0.425 e. The van der Waals surface area contributed by atoms with Gasteiger partial charge in [0.1, 0.15) is 0 Å². The molecule has 0 bridgehead atoms. The first-order valence-electron chi connectivity index (χ1n) is 8.41. The second-order valence-corrected chi connectivity index (χ2v) is 6.67. The number of rotatable bonds is 6. The van der Waals surface area contributed by atoms with Crippen molar-refractivity contribution in [3.05, 3.63) is 42.5 Å².